The summed E-state index contributed by atoms with van der Waals surface area (Å²) in [6.45, 7) is 19.2. The minimum absolute atomic E-state index is 0.172. The monoisotopic (exact) mass is 488 g/mol. The van der Waals surface area contributed by atoms with Crippen LogP contribution in [0.2, 0.25) is 0 Å². The number of benzene rings is 2. The molecule has 0 fully saturated rings. The Morgan fingerprint density at radius 2 is 1.17 bits per heavy atom. The molecule has 1 aliphatic carbocycles. The second-order valence-electron chi connectivity index (χ2n) is 13.6. The zero-order chi connectivity index (χ0) is 26.4. The van der Waals surface area contributed by atoms with Crippen LogP contribution in [0, 0.1) is 22.7 Å². The summed E-state index contributed by atoms with van der Waals surface area (Å²) in [5.41, 5.74) is 7.10. The van der Waals surface area contributed by atoms with Crippen molar-refractivity contribution in [1.29, 1.82) is 0 Å². The fourth-order valence-electron chi connectivity index (χ4n) is 6.50. The average Bonchev–Trinajstić information content (AvgIpc) is 3.45. The van der Waals surface area contributed by atoms with Crippen LogP contribution in [-0.2, 0) is 5.41 Å². The van der Waals surface area contributed by atoms with Crippen LogP contribution in [0.1, 0.15) is 105 Å². The molecule has 2 atom stereocenters. The number of rotatable bonds is 8. The molecule has 0 radical (unpaired) electrons. The highest BCUT2D eigenvalue weighted by Gasteiger charge is 2.42. The van der Waals surface area contributed by atoms with Crippen LogP contribution in [0.3, 0.4) is 0 Å². The first-order valence-corrected chi connectivity index (χ1v) is 13.8. The first-order chi connectivity index (χ1) is 16.9. The molecule has 196 valence electrons. The first kappa shape index (κ1) is 28.2. The van der Waals surface area contributed by atoms with E-state index in [1.807, 2.05) is 0 Å². The summed E-state index contributed by atoms with van der Waals surface area (Å²) in [5.74, 6) is 1.51. The molecule has 1 heterocycles. The van der Waals surface area contributed by atoms with Crippen LogP contribution in [-0.4, -0.2) is 10.4 Å². The van der Waals surface area contributed by atoms with Crippen LogP contribution in [0.5, 0.6) is 0 Å². The zero-order valence-corrected chi connectivity index (χ0v) is 24.0. The number of hydrogen-bond acceptors (Lipinski definition) is 3. The maximum Gasteiger partial charge on any atom is 0.144 e. The Bertz CT molecular complexity index is 965. The zero-order valence-electron chi connectivity index (χ0n) is 24.0. The molecule has 0 saturated carbocycles. The lowest BCUT2D eigenvalue weighted by Crippen LogP contribution is -2.28. The van der Waals surface area contributed by atoms with Gasteiger partial charge in [-0.25, -0.2) is 0 Å². The van der Waals surface area contributed by atoms with Gasteiger partial charge in [0.1, 0.15) is 6.26 Å². The minimum Gasteiger partial charge on any atom is -0.346 e. The molecule has 0 amide bonds. The molecule has 36 heavy (non-hydrogen) atoms. The molecular weight excluding hydrogens is 440 g/mol. The van der Waals surface area contributed by atoms with Gasteiger partial charge in [0.2, 0.25) is 0 Å². The lowest BCUT2D eigenvalue weighted by atomic mass is 9.68. The molecule has 0 spiro atoms. The van der Waals surface area contributed by atoms with E-state index in [-0.39, 0.29) is 5.41 Å². The molecule has 1 aliphatic rings. The maximum absolute atomic E-state index is 4.22. The quantitative estimate of drug-likeness (QED) is 0.317. The third-order valence-electron chi connectivity index (χ3n) is 7.51. The summed E-state index contributed by atoms with van der Waals surface area (Å²) < 4.78 is 4.22. The molecule has 3 aromatic rings. The molecule has 0 N–H and O–H groups in total. The Morgan fingerprint density at radius 3 is 1.50 bits per heavy atom. The number of hydrogen-bond donors (Lipinski definition) is 0. The third kappa shape index (κ3) is 7.54. The lowest BCUT2D eigenvalue weighted by molar-refractivity contribution is 0.257. The van der Waals surface area contributed by atoms with Crippen molar-refractivity contribution in [2.75, 3.05) is 0 Å². The largest absolute Gasteiger partial charge is 0.346 e. The van der Waals surface area contributed by atoms with E-state index in [2.05, 4.69) is 119 Å². The van der Waals surface area contributed by atoms with Gasteiger partial charge in [0.15, 0.2) is 0 Å². The van der Waals surface area contributed by atoms with Crippen LogP contribution in [0.4, 0.5) is 0 Å². The molecule has 3 nitrogen and oxygen atoms in total. The van der Waals surface area contributed by atoms with Crippen LogP contribution >= 0.6 is 0 Å². The van der Waals surface area contributed by atoms with Gasteiger partial charge in [0, 0.05) is 10.7 Å². The van der Waals surface area contributed by atoms with Gasteiger partial charge < -0.3 is 4.52 Å². The Labute approximate surface area is 220 Å². The fourth-order valence-corrected chi connectivity index (χ4v) is 6.50. The molecule has 0 aliphatic heterocycles. The Morgan fingerprint density at radius 1 is 0.722 bits per heavy atom. The van der Waals surface area contributed by atoms with Gasteiger partial charge in [-0.1, -0.05) is 104 Å². The lowest BCUT2D eigenvalue weighted by Gasteiger charge is -2.36. The second-order valence-corrected chi connectivity index (χ2v) is 13.6. The van der Waals surface area contributed by atoms with E-state index in [9.17, 15) is 0 Å². The van der Waals surface area contributed by atoms with E-state index >= 15 is 0 Å². The Balaban J connectivity index is 0.000000642. The van der Waals surface area contributed by atoms with E-state index in [1.54, 1.807) is 11.1 Å². The highest BCUT2D eigenvalue weighted by atomic mass is 16.5. The second kappa shape index (κ2) is 11.8. The number of aromatic nitrogens is 2. The normalized spacial score (nSPS) is 15.9. The molecule has 1 aromatic heterocycles. The van der Waals surface area contributed by atoms with E-state index in [0.717, 1.165) is 11.8 Å². The summed E-state index contributed by atoms with van der Waals surface area (Å²) >= 11 is 0. The smallest absolute Gasteiger partial charge is 0.144 e. The number of fused-ring (bicyclic) bond motifs is 3. The van der Waals surface area contributed by atoms with Gasteiger partial charge in [-0.2, -0.15) is 0 Å². The third-order valence-corrected chi connectivity index (χ3v) is 7.51. The average molecular weight is 489 g/mol. The maximum atomic E-state index is 4.22. The van der Waals surface area contributed by atoms with E-state index in [0.29, 0.717) is 10.8 Å². The van der Waals surface area contributed by atoms with Crippen LogP contribution in [0.25, 0.3) is 11.1 Å². The predicted octanol–water partition coefficient (Wildman–Crippen LogP) is 9.73. The molecule has 2 aromatic carbocycles. The highest BCUT2D eigenvalue weighted by Crippen LogP contribution is 2.54. The molecular formula is C33H48N2O. The molecule has 0 bridgehead atoms. The summed E-state index contributed by atoms with van der Waals surface area (Å²) in [6.07, 6.45) is 10.6. The highest BCUT2D eigenvalue weighted by molar-refractivity contribution is 5.80. The van der Waals surface area contributed by atoms with Crippen molar-refractivity contribution in [3.63, 3.8) is 0 Å². The van der Waals surface area contributed by atoms with Crippen molar-refractivity contribution >= 4 is 0 Å². The molecule has 4 rings (SSSR count). The van der Waals surface area contributed by atoms with Gasteiger partial charge >= 0.3 is 0 Å². The van der Waals surface area contributed by atoms with Gasteiger partial charge in [-0.15, -0.1) is 5.10 Å². The Hall–Kier alpha value is -2.42. The van der Waals surface area contributed by atoms with E-state index in [1.165, 1.54) is 62.1 Å². The molecule has 3 heteroatoms. The van der Waals surface area contributed by atoms with Crippen molar-refractivity contribution in [3.05, 3.63) is 72.1 Å². The SMILES string of the molecule is CC(CCC1(CCC(C)CC(C)(C)C)c2ccccc2-c2ccccc21)CC(C)(C)C.c1conn1. The van der Waals surface area contributed by atoms with Crippen molar-refractivity contribution in [1.82, 2.24) is 10.4 Å². The standard InChI is InChI=1S/C31H46.C2H2N2O/c1-23(21-29(3,4)5)17-19-31(20-18-24(2)22-30(6,7)8)27-15-11-9-13-25(27)26-14-10-12-16-28(26)31;1-2-5-4-3-1/h9-16,23-24H,17-22H2,1-8H3;1-2H. The number of nitrogens with zero attached hydrogens (tertiary/aromatic N) is 2. The molecule has 2 unspecified atom stereocenters. The summed E-state index contributed by atoms with van der Waals surface area (Å²) in [7, 11) is 0. The van der Waals surface area contributed by atoms with Gasteiger partial charge in [0.05, 0.1) is 6.20 Å². The summed E-state index contributed by atoms with van der Waals surface area (Å²) in [6, 6.07) is 18.5. The molecule has 0 saturated heterocycles. The topological polar surface area (TPSA) is 38.9 Å². The van der Waals surface area contributed by atoms with Crippen molar-refractivity contribution < 1.29 is 4.52 Å². The van der Waals surface area contributed by atoms with Crippen molar-refractivity contribution in [2.45, 2.75) is 99.3 Å². The minimum atomic E-state index is 0.172. The van der Waals surface area contributed by atoms with E-state index in [4.69, 9.17) is 0 Å². The summed E-state index contributed by atoms with van der Waals surface area (Å²) in [4.78, 5) is 0. The van der Waals surface area contributed by atoms with Crippen molar-refractivity contribution in [3.8, 4) is 11.1 Å². The summed E-state index contributed by atoms with van der Waals surface area (Å²) in [5, 5.41) is 6.40. The van der Waals surface area contributed by atoms with Crippen LogP contribution < -0.4 is 0 Å². The van der Waals surface area contributed by atoms with Gasteiger partial charge in [-0.05, 0) is 83.4 Å². The predicted molar refractivity (Wildman–Crippen MR) is 152 cm³/mol. The van der Waals surface area contributed by atoms with Crippen LogP contribution in [0.15, 0.2) is 65.5 Å². The van der Waals surface area contributed by atoms with Crippen molar-refractivity contribution in [2.24, 2.45) is 22.7 Å². The van der Waals surface area contributed by atoms with Gasteiger partial charge in [0.25, 0.3) is 0 Å². The fraction of sp³-hybridized carbons (Fsp3) is 0.576. The first-order valence-electron chi connectivity index (χ1n) is 13.8. The Kier molecular flexibility index (Phi) is 9.19. The van der Waals surface area contributed by atoms with E-state index < -0.39 is 0 Å². The van der Waals surface area contributed by atoms with Gasteiger partial charge in [-0.3, -0.25) is 0 Å².